The second kappa shape index (κ2) is 5.56. The first kappa shape index (κ1) is 13.1. The monoisotopic (exact) mass is 259 g/mol. The van der Waals surface area contributed by atoms with Crippen LogP contribution in [0.4, 0.5) is 5.69 Å². The molecule has 5 heteroatoms. The Labute approximate surface area is 111 Å². The maximum Gasteiger partial charge on any atom is 0.277 e. The molecule has 1 atom stereocenters. The highest BCUT2D eigenvalue weighted by molar-refractivity contribution is 5.47. The molecule has 1 aromatic heterocycles. The predicted octanol–water partition coefficient (Wildman–Crippen LogP) is 2.66. The van der Waals surface area contributed by atoms with Crippen LogP contribution in [0.1, 0.15) is 31.7 Å². The summed E-state index contributed by atoms with van der Waals surface area (Å²) in [7, 11) is 0. The van der Waals surface area contributed by atoms with Gasteiger partial charge in [0.05, 0.1) is 6.33 Å². The van der Waals surface area contributed by atoms with E-state index in [1.165, 1.54) is 11.9 Å². The number of rotatable bonds is 4. The number of nitrogens with zero attached hydrogens (tertiary/aromatic N) is 1. The lowest BCUT2D eigenvalue weighted by atomic mass is 9.99. The molecule has 19 heavy (non-hydrogen) atoms. The van der Waals surface area contributed by atoms with Crippen molar-refractivity contribution in [2.24, 2.45) is 0 Å². The highest BCUT2D eigenvalue weighted by Gasteiger charge is 2.08. The number of ether oxygens (including phenoxy) is 1. The van der Waals surface area contributed by atoms with Crippen molar-refractivity contribution in [3.63, 3.8) is 0 Å². The topological polar surface area (TPSA) is 81.0 Å². The Morgan fingerprint density at radius 3 is 2.68 bits per heavy atom. The van der Waals surface area contributed by atoms with Crippen LogP contribution in [0.2, 0.25) is 0 Å². The van der Waals surface area contributed by atoms with Gasteiger partial charge in [0.25, 0.3) is 5.56 Å². The number of nitrogen functional groups attached to an aromatic ring is 1. The van der Waals surface area contributed by atoms with Crippen molar-refractivity contribution in [3.05, 3.63) is 46.5 Å². The maximum atomic E-state index is 11.3. The SMILES string of the molecule is CCC(C)c1ccc(Oc2nc[nH]c(=O)c2N)cc1. The van der Waals surface area contributed by atoms with Crippen LogP contribution >= 0.6 is 0 Å². The minimum atomic E-state index is -0.402. The van der Waals surface area contributed by atoms with Crippen LogP contribution in [0.3, 0.4) is 0 Å². The summed E-state index contributed by atoms with van der Waals surface area (Å²) in [5.41, 5.74) is 6.43. The van der Waals surface area contributed by atoms with Crippen LogP contribution < -0.4 is 16.0 Å². The van der Waals surface area contributed by atoms with Gasteiger partial charge in [-0.1, -0.05) is 26.0 Å². The number of aromatic nitrogens is 2. The van der Waals surface area contributed by atoms with E-state index in [-0.39, 0.29) is 11.6 Å². The van der Waals surface area contributed by atoms with Gasteiger partial charge in [-0.15, -0.1) is 0 Å². The zero-order chi connectivity index (χ0) is 13.8. The average molecular weight is 259 g/mol. The Morgan fingerprint density at radius 2 is 2.05 bits per heavy atom. The fourth-order valence-corrected chi connectivity index (χ4v) is 1.69. The number of nitrogens with two attached hydrogens (primary N) is 1. The minimum absolute atomic E-state index is 0.0199. The van der Waals surface area contributed by atoms with E-state index < -0.39 is 5.56 Å². The molecule has 3 N–H and O–H groups in total. The van der Waals surface area contributed by atoms with Gasteiger partial charge in [0.1, 0.15) is 5.75 Å². The smallest absolute Gasteiger partial charge is 0.277 e. The van der Waals surface area contributed by atoms with Crippen molar-refractivity contribution < 1.29 is 4.74 Å². The van der Waals surface area contributed by atoms with Crippen LogP contribution in [-0.4, -0.2) is 9.97 Å². The van der Waals surface area contributed by atoms with Crippen LogP contribution in [0, 0.1) is 0 Å². The van der Waals surface area contributed by atoms with Crippen LogP contribution in [-0.2, 0) is 0 Å². The summed E-state index contributed by atoms with van der Waals surface area (Å²) >= 11 is 0. The molecule has 0 saturated carbocycles. The molecule has 0 aliphatic rings. The zero-order valence-corrected chi connectivity index (χ0v) is 11.0. The van der Waals surface area contributed by atoms with Gasteiger partial charge in [-0.25, -0.2) is 4.98 Å². The first-order chi connectivity index (χ1) is 9.11. The Bertz CT molecular complexity index is 605. The third kappa shape index (κ3) is 2.93. The van der Waals surface area contributed by atoms with E-state index in [2.05, 4.69) is 23.8 Å². The summed E-state index contributed by atoms with van der Waals surface area (Å²) in [4.78, 5) is 17.6. The maximum absolute atomic E-state index is 11.3. The summed E-state index contributed by atoms with van der Waals surface area (Å²) in [6.07, 6.45) is 2.35. The van der Waals surface area contributed by atoms with Gasteiger partial charge in [0.15, 0.2) is 5.69 Å². The number of benzene rings is 1. The van der Waals surface area contributed by atoms with Gasteiger partial charge in [-0.3, -0.25) is 4.79 Å². The standard InChI is InChI=1S/C14H17N3O2/c1-3-9(2)10-4-6-11(7-5-10)19-14-12(15)13(18)16-8-17-14/h4-9H,3,15H2,1-2H3,(H,16,17,18). The third-order valence-corrected chi connectivity index (χ3v) is 3.13. The van der Waals surface area contributed by atoms with E-state index >= 15 is 0 Å². The van der Waals surface area contributed by atoms with Gasteiger partial charge in [-0.05, 0) is 30.0 Å². The van der Waals surface area contributed by atoms with Gasteiger partial charge in [0, 0.05) is 0 Å². The molecule has 0 bridgehead atoms. The van der Waals surface area contributed by atoms with Gasteiger partial charge < -0.3 is 15.5 Å². The molecule has 1 heterocycles. The van der Waals surface area contributed by atoms with E-state index in [0.29, 0.717) is 11.7 Å². The number of anilines is 1. The average Bonchev–Trinajstić information content (AvgIpc) is 2.44. The molecular weight excluding hydrogens is 242 g/mol. The molecule has 0 spiro atoms. The van der Waals surface area contributed by atoms with Gasteiger partial charge in [0.2, 0.25) is 5.88 Å². The summed E-state index contributed by atoms with van der Waals surface area (Å²) in [5.74, 6) is 1.24. The van der Waals surface area contributed by atoms with Crippen molar-refractivity contribution >= 4 is 5.69 Å². The Hall–Kier alpha value is -2.30. The molecule has 0 aliphatic heterocycles. The lowest BCUT2D eigenvalue weighted by Crippen LogP contribution is -2.13. The molecule has 2 aromatic rings. The Balaban J connectivity index is 2.20. The first-order valence-corrected chi connectivity index (χ1v) is 6.22. The van der Waals surface area contributed by atoms with Crippen LogP contribution in [0.25, 0.3) is 0 Å². The van der Waals surface area contributed by atoms with Crippen LogP contribution in [0.15, 0.2) is 35.4 Å². The van der Waals surface area contributed by atoms with E-state index in [4.69, 9.17) is 10.5 Å². The lowest BCUT2D eigenvalue weighted by Gasteiger charge is -2.10. The Morgan fingerprint density at radius 1 is 1.37 bits per heavy atom. The van der Waals surface area contributed by atoms with Gasteiger partial charge >= 0.3 is 0 Å². The number of hydrogen-bond donors (Lipinski definition) is 2. The molecule has 5 nitrogen and oxygen atoms in total. The number of aromatic amines is 1. The largest absolute Gasteiger partial charge is 0.437 e. The molecule has 0 amide bonds. The van der Waals surface area contributed by atoms with Crippen molar-refractivity contribution in [1.29, 1.82) is 0 Å². The summed E-state index contributed by atoms with van der Waals surface area (Å²) in [6, 6.07) is 7.72. The predicted molar refractivity (Wildman–Crippen MR) is 74.5 cm³/mol. The highest BCUT2D eigenvalue weighted by atomic mass is 16.5. The van der Waals surface area contributed by atoms with Gasteiger partial charge in [-0.2, -0.15) is 0 Å². The quantitative estimate of drug-likeness (QED) is 0.884. The van der Waals surface area contributed by atoms with Crippen molar-refractivity contribution in [2.45, 2.75) is 26.2 Å². The molecule has 0 fully saturated rings. The lowest BCUT2D eigenvalue weighted by molar-refractivity contribution is 0.463. The molecule has 0 saturated heterocycles. The molecule has 1 unspecified atom stereocenters. The Kier molecular flexibility index (Phi) is 3.85. The summed E-state index contributed by atoms with van der Waals surface area (Å²) in [5, 5.41) is 0. The molecule has 0 radical (unpaired) electrons. The van der Waals surface area contributed by atoms with E-state index in [1.54, 1.807) is 0 Å². The normalized spacial score (nSPS) is 12.1. The molecule has 100 valence electrons. The molecule has 0 aliphatic carbocycles. The summed E-state index contributed by atoms with van der Waals surface area (Å²) < 4.78 is 5.50. The highest BCUT2D eigenvalue weighted by Crippen LogP contribution is 2.25. The fraction of sp³-hybridized carbons (Fsp3) is 0.286. The second-order valence-electron chi connectivity index (χ2n) is 4.43. The van der Waals surface area contributed by atoms with E-state index in [0.717, 1.165) is 6.42 Å². The fourth-order valence-electron chi connectivity index (χ4n) is 1.69. The number of hydrogen-bond acceptors (Lipinski definition) is 4. The van der Waals surface area contributed by atoms with Crippen LogP contribution in [0.5, 0.6) is 11.6 Å². The zero-order valence-electron chi connectivity index (χ0n) is 11.0. The van der Waals surface area contributed by atoms with Crippen molar-refractivity contribution in [2.75, 3.05) is 5.73 Å². The van der Waals surface area contributed by atoms with Crippen molar-refractivity contribution in [1.82, 2.24) is 9.97 Å². The number of nitrogens with one attached hydrogen (secondary N) is 1. The summed E-state index contributed by atoms with van der Waals surface area (Å²) in [6.45, 7) is 4.32. The first-order valence-electron chi connectivity index (χ1n) is 6.22. The van der Waals surface area contributed by atoms with E-state index in [1.807, 2.05) is 24.3 Å². The third-order valence-electron chi connectivity index (χ3n) is 3.13. The van der Waals surface area contributed by atoms with Crippen molar-refractivity contribution in [3.8, 4) is 11.6 Å². The molecule has 1 aromatic carbocycles. The minimum Gasteiger partial charge on any atom is -0.437 e. The molecule has 2 rings (SSSR count). The number of H-pyrrole nitrogens is 1. The van der Waals surface area contributed by atoms with E-state index in [9.17, 15) is 4.79 Å². The second-order valence-corrected chi connectivity index (χ2v) is 4.43. The molecular formula is C14H17N3O2.